The van der Waals surface area contributed by atoms with Crippen LogP contribution in [0.3, 0.4) is 0 Å². The van der Waals surface area contributed by atoms with Gasteiger partial charge in [0.1, 0.15) is 5.75 Å². The number of fused-ring (bicyclic) bond motifs is 2. The minimum Gasteiger partial charge on any atom is -0.493 e. The van der Waals surface area contributed by atoms with Gasteiger partial charge in [0, 0.05) is 0 Å². The molecule has 0 saturated heterocycles. The van der Waals surface area contributed by atoms with Crippen LogP contribution in [0.2, 0.25) is 0 Å². The Morgan fingerprint density at radius 1 is 0.630 bits per heavy atom. The number of ether oxygens (including phenoxy) is 1. The first-order valence-electron chi connectivity index (χ1n) is 11.1. The molecule has 0 aromatic heterocycles. The van der Waals surface area contributed by atoms with Gasteiger partial charge >= 0.3 is 0 Å². The predicted octanol–water partition coefficient (Wildman–Crippen LogP) is 7.16. The average Bonchev–Trinajstić information content (AvgIpc) is 2.70. The van der Waals surface area contributed by atoms with Gasteiger partial charge in [0.25, 0.3) is 0 Å². The predicted molar refractivity (Wildman–Crippen MR) is 116 cm³/mol. The van der Waals surface area contributed by atoms with E-state index in [1.807, 2.05) is 0 Å². The van der Waals surface area contributed by atoms with E-state index in [-0.39, 0.29) is 0 Å². The average molecular weight is 365 g/mol. The molecule has 1 heteroatoms. The van der Waals surface area contributed by atoms with E-state index in [4.69, 9.17) is 4.74 Å². The summed E-state index contributed by atoms with van der Waals surface area (Å²) in [6.45, 7) is 3.17. The highest BCUT2D eigenvalue weighted by molar-refractivity contribution is 5.33. The van der Waals surface area contributed by atoms with Crippen molar-refractivity contribution in [2.24, 2.45) is 5.92 Å². The second-order valence-electron chi connectivity index (χ2n) is 8.31. The molecule has 0 N–H and O–H groups in total. The van der Waals surface area contributed by atoms with Crippen LogP contribution in [-0.2, 0) is 19.3 Å². The summed E-state index contributed by atoms with van der Waals surface area (Å²) in [7, 11) is 0. The standard InChI is InChI=1S/C26H36O/c1-22-13-7-8-15-24-17-10-9-16-23(24)14-5-3-2-4-6-18-25-19-11-12-20-26(25)27-21-22/h9-12,16-17,19-20,22H,2-8,13-15,18,21H2,1H3. The normalized spacial score (nSPS) is 20.4. The number of para-hydroxylation sites is 1. The highest BCUT2D eigenvalue weighted by Crippen LogP contribution is 2.23. The molecular formula is C26H36O. The SMILES string of the molecule is CC1CCCCc2ccccc2CCCCCCCc2ccccc2OC1. The van der Waals surface area contributed by atoms with Crippen molar-refractivity contribution in [3.63, 3.8) is 0 Å². The van der Waals surface area contributed by atoms with Gasteiger partial charge in [-0.25, -0.2) is 0 Å². The lowest BCUT2D eigenvalue weighted by Crippen LogP contribution is -2.10. The van der Waals surface area contributed by atoms with Gasteiger partial charge in [0.05, 0.1) is 6.61 Å². The maximum atomic E-state index is 6.20. The first-order valence-corrected chi connectivity index (χ1v) is 11.1. The van der Waals surface area contributed by atoms with E-state index in [0.29, 0.717) is 5.92 Å². The second-order valence-corrected chi connectivity index (χ2v) is 8.31. The van der Waals surface area contributed by atoms with Crippen molar-refractivity contribution >= 4 is 0 Å². The van der Waals surface area contributed by atoms with Gasteiger partial charge in [0.2, 0.25) is 0 Å². The van der Waals surface area contributed by atoms with Crippen LogP contribution < -0.4 is 4.74 Å². The van der Waals surface area contributed by atoms with Gasteiger partial charge in [0.15, 0.2) is 0 Å². The van der Waals surface area contributed by atoms with Crippen molar-refractivity contribution < 1.29 is 4.74 Å². The van der Waals surface area contributed by atoms with E-state index >= 15 is 0 Å². The Bertz CT molecular complexity index is 675. The van der Waals surface area contributed by atoms with Crippen LogP contribution in [0.4, 0.5) is 0 Å². The molecule has 146 valence electrons. The Labute approximate surface area is 166 Å². The van der Waals surface area contributed by atoms with Crippen LogP contribution >= 0.6 is 0 Å². The van der Waals surface area contributed by atoms with Crippen molar-refractivity contribution in [2.45, 2.75) is 77.6 Å². The fraction of sp³-hybridized carbons (Fsp3) is 0.538. The topological polar surface area (TPSA) is 9.23 Å². The number of benzene rings is 2. The molecule has 0 amide bonds. The lowest BCUT2D eigenvalue weighted by Gasteiger charge is -2.16. The Balaban J connectivity index is 1.60. The van der Waals surface area contributed by atoms with Crippen molar-refractivity contribution in [3.8, 4) is 5.75 Å². The summed E-state index contributed by atoms with van der Waals surface area (Å²) in [6.07, 6.45) is 14.1. The van der Waals surface area contributed by atoms with Crippen molar-refractivity contribution in [2.75, 3.05) is 6.61 Å². The third kappa shape index (κ3) is 6.72. The van der Waals surface area contributed by atoms with Gasteiger partial charge in [-0.05, 0) is 73.6 Å². The van der Waals surface area contributed by atoms with Gasteiger partial charge in [-0.3, -0.25) is 0 Å². The van der Waals surface area contributed by atoms with E-state index in [2.05, 4.69) is 55.5 Å². The molecule has 3 rings (SSSR count). The Morgan fingerprint density at radius 2 is 1.15 bits per heavy atom. The lowest BCUT2D eigenvalue weighted by molar-refractivity contribution is 0.247. The zero-order valence-electron chi connectivity index (χ0n) is 17.1. The third-order valence-corrected chi connectivity index (χ3v) is 5.90. The molecule has 0 fully saturated rings. The molecule has 1 heterocycles. The molecule has 0 saturated carbocycles. The lowest BCUT2D eigenvalue weighted by atomic mass is 9.95. The monoisotopic (exact) mass is 364 g/mol. The number of aryl methyl sites for hydroxylation is 3. The molecule has 2 aromatic rings. The van der Waals surface area contributed by atoms with Crippen LogP contribution in [0.15, 0.2) is 48.5 Å². The summed E-state index contributed by atoms with van der Waals surface area (Å²) in [4.78, 5) is 0. The van der Waals surface area contributed by atoms with Crippen LogP contribution in [0.5, 0.6) is 5.75 Å². The van der Waals surface area contributed by atoms with Crippen molar-refractivity contribution in [1.29, 1.82) is 0 Å². The number of hydrogen-bond donors (Lipinski definition) is 0. The van der Waals surface area contributed by atoms with E-state index in [9.17, 15) is 0 Å². The fourth-order valence-electron chi connectivity index (χ4n) is 4.18. The molecule has 1 unspecified atom stereocenters. The zero-order chi connectivity index (χ0) is 18.7. The van der Waals surface area contributed by atoms with Crippen LogP contribution in [0, 0.1) is 5.92 Å². The van der Waals surface area contributed by atoms with Crippen LogP contribution in [-0.4, -0.2) is 6.61 Å². The smallest absolute Gasteiger partial charge is 0.122 e. The van der Waals surface area contributed by atoms with Crippen LogP contribution in [0.25, 0.3) is 0 Å². The zero-order valence-corrected chi connectivity index (χ0v) is 17.1. The highest BCUT2D eigenvalue weighted by Gasteiger charge is 2.08. The van der Waals surface area contributed by atoms with Gasteiger partial charge < -0.3 is 4.74 Å². The number of hydrogen-bond acceptors (Lipinski definition) is 1. The molecule has 27 heavy (non-hydrogen) atoms. The summed E-state index contributed by atoms with van der Waals surface area (Å²) >= 11 is 0. The second kappa shape index (κ2) is 11.2. The minimum absolute atomic E-state index is 0.618. The quantitative estimate of drug-likeness (QED) is 0.482. The van der Waals surface area contributed by atoms with Crippen molar-refractivity contribution in [1.82, 2.24) is 0 Å². The maximum Gasteiger partial charge on any atom is 0.122 e. The maximum absolute atomic E-state index is 6.20. The Morgan fingerprint density at radius 3 is 1.85 bits per heavy atom. The molecular weight excluding hydrogens is 328 g/mol. The first kappa shape index (κ1) is 20.0. The van der Waals surface area contributed by atoms with Gasteiger partial charge in [-0.2, -0.15) is 0 Å². The molecule has 0 spiro atoms. The summed E-state index contributed by atoms with van der Waals surface area (Å²) in [5.74, 6) is 1.73. The molecule has 0 bridgehead atoms. The largest absolute Gasteiger partial charge is 0.493 e. The summed E-state index contributed by atoms with van der Waals surface area (Å²) in [6, 6.07) is 17.8. The Kier molecular flexibility index (Phi) is 8.27. The molecule has 2 aromatic carbocycles. The summed E-state index contributed by atoms with van der Waals surface area (Å²) in [5, 5.41) is 0. The van der Waals surface area contributed by atoms with Gasteiger partial charge in [-0.1, -0.05) is 75.1 Å². The van der Waals surface area contributed by atoms with Crippen LogP contribution in [0.1, 0.15) is 75.0 Å². The number of rotatable bonds is 0. The first-order chi connectivity index (χ1) is 13.3. The minimum atomic E-state index is 0.618. The van der Waals surface area contributed by atoms with Gasteiger partial charge in [-0.15, -0.1) is 0 Å². The van der Waals surface area contributed by atoms with Crippen molar-refractivity contribution in [3.05, 3.63) is 65.2 Å². The molecule has 0 radical (unpaired) electrons. The molecule has 1 aliphatic rings. The molecule has 1 atom stereocenters. The molecule has 1 nitrogen and oxygen atoms in total. The summed E-state index contributed by atoms with van der Waals surface area (Å²) in [5.41, 5.74) is 4.56. The fourth-order valence-corrected chi connectivity index (χ4v) is 4.18. The Hall–Kier alpha value is -1.76. The molecule has 0 aliphatic carbocycles. The van der Waals surface area contributed by atoms with E-state index < -0.39 is 0 Å². The highest BCUT2D eigenvalue weighted by atomic mass is 16.5. The van der Waals surface area contributed by atoms with E-state index in [0.717, 1.165) is 18.8 Å². The summed E-state index contributed by atoms with van der Waals surface area (Å²) < 4.78 is 6.20. The third-order valence-electron chi connectivity index (χ3n) is 5.90. The van der Waals surface area contributed by atoms with E-state index in [1.165, 1.54) is 69.8 Å². The van der Waals surface area contributed by atoms with E-state index in [1.54, 1.807) is 11.1 Å². The molecule has 1 aliphatic heterocycles.